The van der Waals surface area contributed by atoms with Crippen LogP contribution in [0.15, 0.2) is 38.8 Å². The van der Waals surface area contributed by atoms with E-state index < -0.39 is 0 Å². The number of esters is 2. The van der Waals surface area contributed by atoms with Gasteiger partial charge in [-0.1, -0.05) is 35.4 Å². The topological polar surface area (TPSA) is 118 Å². The van der Waals surface area contributed by atoms with Crippen molar-refractivity contribution >= 4 is 45.8 Å². The highest BCUT2D eigenvalue weighted by Gasteiger charge is 2.29. The number of rotatable bonds is 16. The molecule has 1 aliphatic heterocycles. The van der Waals surface area contributed by atoms with Crippen LogP contribution < -0.4 is 10.7 Å². The number of amides is 2. The number of carbonyl (C=O) groups excluding carboxylic acids is 4. The Morgan fingerprint density at radius 2 is 1.72 bits per heavy atom. The van der Waals surface area contributed by atoms with Gasteiger partial charge in [-0.15, -0.1) is 0 Å². The predicted octanol–water partition coefficient (Wildman–Crippen LogP) is 4.28. The number of hydrogen-bond donors (Lipinski definition) is 0. The zero-order chi connectivity index (χ0) is 31.4. The van der Waals surface area contributed by atoms with Crippen molar-refractivity contribution in [1.82, 2.24) is 9.80 Å². The molecule has 1 fully saturated rings. The SMILES string of the molecule is C/C(=C(\CCOC(=O)CCCC(=O)OC1CCC(N(C)C(=O)c2ccc3c(c2)=NCN=3)CC1)SSCC(C)C)N(C)C=O. The summed E-state index contributed by atoms with van der Waals surface area (Å²) >= 11 is 0. The predicted molar refractivity (Wildman–Crippen MR) is 169 cm³/mol. The molecular formula is C31H44N4O6S2. The van der Waals surface area contributed by atoms with Gasteiger partial charge >= 0.3 is 11.9 Å². The van der Waals surface area contributed by atoms with Gasteiger partial charge in [-0.3, -0.25) is 29.2 Å². The Kier molecular flexibility index (Phi) is 14.0. The van der Waals surface area contributed by atoms with Crippen molar-refractivity contribution in [2.75, 3.05) is 33.1 Å². The summed E-state index contributed by atoms with van der Waals surface area (Å²) in [7, 11) is 6.86. The maximum Gasteiger partial charge on any atom is 0.306 e. The lowest BCUT2D eigenvalue weighted by Crippen LogP contribution is -2.41. The summed E-state index contributed by atoms with van der Waals surface area (Å²) in [6, 6.07) is 5.51. The minimum atomic E-state index is -0.354. The molecule has 10 nitrogen and oxygen atoms in total. The van der Waals surface area contributed by atoms with E-state index in [0.717, 1.165) is 46.3 Å². The molecule has 0 aromatic heterocycles. The molecule has 0 unspecified atom stereocenters. The van der Waals surface area contributed by atoms with Gasteiger partial charge in [0.2, 0.25) is 6.41 Å². The molecule has 0 spiro atoms. The lowest BCUT2D eigenvalue weighted by Gasteiger charge is -2.34. The third kappa shape index (κ3) is 11.0. The van der Waals surface area contributed by atoms with E-state index in [4.69, 9.17) is 9.47 Å². The lowest BCUT2D eigenvalue weighted by atomic mass is 9.91. The van der Waals surface area contributed by atoms with Crippen molar-refractivity contribution in [2.24, 2.45) is 15.9 Å². The molecule has 236 valence electrons. The smallest absolute Gasteiger partial charge is 0.306 e. The molecule has 0 atom stereocenters. The third-order valence-electron chi connectivity index (χ3n) is 7.52. The highest BCUT2D eigenvalue weighted by molar-refractivity contribution is 8.78. The average molecular weight is 633 g/mol. The van der Waals surface area contributed by atoms with E-state index in [-0.39, 0.29) is 49.4 Å². The molecule has 43 heavy (non-hydrogen) atoms. The average Bonchev–Trinajstić information content (AvgIpc) is 3.47. The summed E-state index contributed by atoms with van der Waals surface area (Å²) < 4.78 is 11.1. The van der Waals surface area contributed by atoms with E-state index >= 15 is 0 Å². The molecule has 1 saturated carbocycles. The highest BCUT2D eigenvalue weighted by Crippen LogP contribution is 2.36. The summed E-state index contributed by atoms with van der Waals surface area (Å²) in [5.41, 5.74) is 1.44. The van der Waals surface area contributed by atoms with Crippen molar-refractivity contribution < 1.29 is 28.7 Å². The minimum absolute atomic E-state index is 0.0447. The fourth-order valence-corrected chi connectivity index (χ4v) is 7.75. The first kappa shape index (κ1) is 34.6. The number of ether oxygens (including phenoxy) is 2. The Labute approximate surface area is 262 Å². The molecule has 1 aromatic rings. The van der Waals surface area contributed by atoms with Gasteiger partial charge < -0.3 is 19.3 Å². The van der Waals surface area contributed by atoms with Gasteiger partial charge in [0.05, 0.1) is 17.3 Å². The monoisotopic (exact) mass is 632 g/mol. The van der Waals surface area contributed by atoms with E-state index in [0.29, 0.717) is 43.8 Å². The van der Waals surface area contributed by atoms with Crippen LogP contribution in [0.2, 0.25) is 0 Å². The standard InChI is InChI=1S/C31H44N4O6S2/c1-21(2)18-42-43-28(22(3)34(4)20-36)15-16-40-29(37)7-6-8-30(38)41-25-12-10-24(11-13-25)35(5)31(39)23-9-14-26-27(17-23)33-19-32-26/h9,14,17,20-21,24-25H,6-8,10-13,15-16,18-19H2,1-5H3/b28-22-. The molecular weight excluding hydrogens is 588 g/mol. The molecule has 0 saturated heterocycles. The normalized spacial score (nSPS) is 18.1. The van der Waals surface area contributed by atoms with Gasteiger partial charge in [0.1, 0.15) is 12.8 Å². The molecule has 3 rings (SSSR count). The van der Waals surface area contributed by atoms with Gasteiger partial charge in [0.15, 0.2) is 0 Å². The molecule has 2 amide bonds. The van der Waals surface area contributed by atoms with E-state index in [1.807, 2.05) is 20.0 Å². The number of fused-ring (bicyclic) bond motifs is 1. The molecule has 1 aromatic carbocycles. The summed E-state index contributed by atoms with van der Waals surface area (Å²) in [4.78, 5) is 61.8. The first-order valence-corrected chi connectivity index (χ1v) is 17.2. The zero-order valence-electron chi connectivity index (χ0n) is 25.9. The van der Waals surface area contributed by atoms with Gasteiger partial charge in [-0.05, 0) is 63.1 Å². The fourth-order valence-electron chi connectivity index (χ4n) is 4.78. The molecule has 0 radical (unpaired) electrons. The largest absolute Gasteiger partial charge is 0.465 e. The summed E-state index contributed by atoms with van der Waals surface area (Å²) in [6.07, 6.45) is 4.66. The van der Waals surface area contributed by atoms with Crippen molar-refractivity contribution in [3.8, 4) is 0 Å². The molecule has 1 aliphatic carbocycles. The van der Waals surface area contributed by atoms with Crippen LogP contribution in [-0.4, -0.2) is 79.3 Å². The maximum absolute atomic E-state index is 13.0. The van der Waals surface area contributed by atoms with Crippen LogP contribution >= 0.6 is 21.6 Å². The van der Waals surface area contributed by atoms with Gasteiger partial charge in [-0.25, -0.2) is 0 Å². The van der Waals surface area contributed by atoms with Gasteiger partial charge in [0.25, 0.3) is 5.91 Å². The Hall–Kier alpha value is -2.86. The second-order valence-electron chi connectivity index (χ2n) is 11.3. The van der Waals surface area contributed by atoms with Crippen LogP contribution in [0.1, 0.15) is 82.5 Å². The lowest BCUT2D eigenvalue weighted by molar-refractivity contribution is -0.151. The number of carbonyl (C=O) groups is 4. The van der Waals surface area contributed by atoms with E-state index in [2.05, 4.69) is 23.8 Å². The zero-order valence-corrected chi connectivity index (χ0v) is 27.5. The van der Waals surface area contributed by atoms with Crippen LogP contribution in [0, 0.1) is 5.92 Å². The Morgan fingerprint density at radius 1 is 1.02 bits per heavy atom. The summed E-state index contributed by atoms with van der Waals surface area (Å²) in [5, 5.41) is 1.58. The van der Waals surface area contributed by atoms with E-state index in [9.17, 15) is 19.2 Å². The van der Waals surface area contributed by atoms with E-state index in [1.165, 1.54) is 4.90 Å². The number of nitrogens with zero attached hydrogens (tertiary/aromatic N) is 4. The van der Waals surface area contributed by atoms with E-state index in [1.54, 1.807) is 45.7 Å². The van der Waals surface area contributed by atoms with Crippen LogP contribution in [0.3, 0.4) is 0 Å². The van der Waals surface area contributed by atoms with Crippen LogP contribution in [0.5, 0.6) is 0 Å². The van der Waals surface area contributed by atoms with Crippen molar-refractivity contribution in [2.45, 2.75) is 84.3 Å². The highest BCUT2D eigenvalue weighted by atomic mass is 33.1. The van der Waals surface area contributed by atoms with Crippen molar-refractivity contribution in [3.63, 3.8) is 0 Å². The quantitative estimate of drug-likeness (QED) is 0.151. The molecule has 0 N–H and O–H groups in total. The number of allylic oxidation sites excluding steroid dienone is 1. The Bertz CT molecular complexity index is 1290. The summed E-state index contributed by atoms with van der Waals surface area (Å²) in [5.74, 6) is 0.813. The minimum Gasteiger partial charge on any atom is -0.465 e. The van der Waals surface area contributed by atoms with Crippen molar-refractivity contribution in [3.05, 3.63) is 45.1 Å². The third-order valence-corrected chi connectivity index (χ3v) is 10.5. The molecule has 2 aliphatic rings. The Balaban J connectivity index is 1.33. The second kappa shape index (κ2) is 17.4. The second-order valence-corrected chi connectivity index (χ2v) is 13.7. The van der Waals surface area contributed by atoms with Crippen LogP contribution in [-0.2, 0) is 23.9 Å². The maximum atomic E-state index is 13.0. The van der Waals surface area contributed by atoms with Crippen LogP contribution in [0.25, 0.3) is 0 Å². The van der Waals surface area contributed by atoms with Gasteiger partial charge in [0, 0.05) is 61.3 Å². The van der Waals surface area contributed by atoms with Crippen molar-refractivity contribution in [1.29, 1.82) is 0 Å². The molecule has 1 heterocycles. The number of hydrogen-bond acceptors (Lipinski definition) is 10. The molecule has 12 heteroatoms. The Morgan fingerprint density at radius 3 is 2.42 bits per heavy atom. The number of benzene rings is 1. The molecule has 0 bridgehead atoms. The first-order chi connectivity index (χ1) is 20.6. The first-order valence-electron chi connectivity index (χ1n) is 14.9. The van der Waals surface area contributed by atoms with Gasteiger partial charge in [-0.2, -0.15) is 0 Å². The fraction of sp³-hybridized carbons (Fsp3) is 0.613. The van der Waals surface area contributed by atoms with Crippen LogP contribution in [0.4, 0.5) is 0 Å². The summed E-state index contributed by atoms with van der Waals surface area (Å²) in [6.45, 7) is 6.81.